The first-order valence-electron chi connectivity index (χ1n) is 8.95. The van der Waals surface area contributed by atoms with Crippen LogP contribution in [0.3, 0.4) is 0 Å². The molecule has 2 aromatic rings. The van der Waals surface area contributed by atoms with Gasteiger partial charge < -0.3 is 14.5 Å². The van der Waals surface area contributed by atoms with Crippen molar-refractivity contribution in [1.29, 1.82) is 0 Å². The van der Waals surface area contributed by atoms with Crippen molar-refractivity contribution in [1.82, 2.24) is 14.9 Å². The lowest BCUT2D eigenvalue weighted by Gasteiger charge is -2.26. The first-order valence-corrected chi connectivity index (χ1v) is 9.93. The Balaban J connectivity index is 1.52. The molecule has 6 nitrogen and oxygen atoms in total. The second kappa shape index (κ2) is 7.63. The van der Waals surface area contributed by atoms with E-state index in [1.165, 1.54) is 0 Å². The zero-order valence-corrected chi connectivity index (χ0v) is 15.7. The van der Waals surface area contributed by atoms with Gasteiger partial charge in [0.25, 0.3) is 5.91 Å². The molecular weight excluding hydrogens is 348 g/mol. The Bertz CT molecular complexity index is 808. The minimum Gasteiger partial charge on any atom is -0.378 e. The summed E-state index contributed by atoms with van der Waals surface area (Å²) < 4.78 is 5.39. The molecule has 1 saturated heterocycles. The molecule has 0 atom stereocenters. The number of carbonyl (C=O) groups excluding carboxylic acids is 1. The van der Waals surface area contributed by atoms with E-state index in [1.54, 1.807) is 11.8 Å². The maximum absolute atomic E-state index is 13.0. The molecule has 0 bridgehead atoms. The number of anilines is 1. The molecule has 3 heterocycles. The van der Waals surface area contributed by atoms with E-state index in [0.29, 0.717) is 26.3 Å². The maximum Gasteiger partial charge on any atom is 0.255 e. The highest BCUT2D eigenvalue weighted by Gasteiger charge is 2.28. The van der Waals surface area contributed by atoms with E-state index in [4.69, 9.17) is 9.72 Å². The van der Waals surface area contributed by atoms with Crippen LogP contribution in [-0.2, 0) is 17.8 Å². The Hall–Kier alpha value is -2.12. The molecule has 0 aliphatic carbocycles. The van der Waals surface area contributed by atoms with Crippen LogP contribution >= 0.6 is 11.8 Å². The Kier molecular flexibility index (Phi) is 5.08. The summed E-state index contributed by atoms with van der Waals surface area (Å²) in [6.07, 6.45) is 1.87. The zero-order valence-electron chi connectivity index (χ0n) is 14.9. The highest BCUT2D eigenvalue weighted by Crippen LogP contribution is 2.28. The van der Waals surface area contributed by atoms with Gasteiger partial charge in [0.05, 0.1) is 31.0 Å². The van der Waals surface area contributed by atoms with Crippen molar-refractivity contribution >= 4 is 23.6 Å². The molecule has 0 radical (unpaired) electrons. The molecule has 0 spiro atoms. The number of amides is 1. The first-order chi connectivity index (χ1) is 12.8. The summed E-state index contributed by atoms with van der Waals surface area (Å²) in [6, 6.07) is 7.83. The number of ether oxygens (including phenoxy) is 1. The quantitative estimate of drug-likeness (QED) is 0.771. The van der Waals surface area contributed by atoms with Gasteiger partial charge in [0, 0.05) is 36.3 Å². The molecule has 2 aliphatic rings. The standard InChI is InChI=1S/C19H22N4O2S/c1-2-26-17-6-4-3-5-15(17)18(24)23-12-14-11-20-19(21-16(14)13-23)22-7-9-25-10-8-22/h3-6,11H,2,7-10,12-13H2,1H3. The van der Waals surface area contributed by atoms with E-state index < -0.39 is 0 Å². The zero-order chi connectivity index (χ0) is 17.9. The van der Waals surface area contributed by atoms with Crippen LogP contribution in [0.5, 0.6) is 0 Å². The number of hydrogen-bond donors (Lipinski definition) is 0. The van der Waals surface area contributed by atoms with Crippen LogP contribution in [0, 0.1) is 0 Å². The monoisotopic (exact) mass is 370 g/mol. The minimum absolute atomic E-state index is 0.0625. The minimum atomic E-state index is 0.0625. The summed E-state index contributed by atoms with van der Waals surface area (Å²) in [7, 11) is 0. The number of carbonyl (C=O) groups is 1. The maximum atomic E-state index is 13.0. The highest BCUT2D eigenvalue weighted by atomic mass is 32.2. The fourth-order valence-electron chi connectivity index (χ4n) is 3.30. The van der Waals surface area contributed by atoms with Crippen LogP contribution in [-0.4, -0.2) is 52.8 Å². The van der Waals surface area contributed by atoms with Gasteiger partial charge in [-0.15, -0.1) is 11.8 Å². The SMILES string of the molecule is CCSc1ccccc1C(=O)N1Cc2cnc(N3CCOCC3)nc2C1. The molecule has 1 aromatic heterocycles. The second-order valence-electron chi connectivity index (χ2n) is 6.33. The summed E-state index contributed by atoms with van der Waals surface area (Å²) in [5, 5.41) is 0. The predicted molar refractivity (Wildman–Crippen MR) is 101 cm³/mol. The molecule has 0 N–H and O–H groups in total. The summed E-state index contributed by atoms with van der Waals surface area (Å²) >= 11 is 1.70. The predicted octanol–water partition coefficient (Wildman–Crippen LogP) is 2.58. The van der Waals surface area contributed by atoms with E-state index >= 15 is 0 Å². The Morgan fingerprint density at radius 1 is 1.23 bits per heavy atom. The second-order valence-corrected chi connectivity index (χ2v) is 7.64. The summed E-state index contributed by atoms with van der Waals surface area (Å²) in [5.74, 6) is 1.74. The Morgan fingerprint density at radius 3 is 2.85 bits per heavy atom. The third-order valence-electron chi connectivity index (χ3n) is 4.64. The molecule has 1 aromatic carbocycles. The van der Waals surface area contributed by atoms with Crippen LogP contribution in [0.4, 0.5) is 5.95 Å². The van der Waals surface area contributed by atoms with E-state index in [2.05, 4.69) is 16.8 Å². The van der Waals surface area contributed by atoms with E-state index in [0.717, 1.165) is 46.5 Å². The Labute approximate surface area is 157 Å². The Morgan fingerprint density at radius 2 is 2.04 bits per heavy atom. The third-order valence-corrected chi connectivity index (χ3v) is 5.60. The van der Waals surface area contributed by atoms with E-state index in [1.807, 2.05) is 35.4 Å². The molecule has 136 valence electrons. The number of aromatic nitrogens is 2. The molecule has 7 heteroatoms. The number of benzene rings is 1. The first kappa shape index (κ1) is 17.3. The number of rotatable bonds is 4. The van der Waals surface area contributed by atoms with Gasteiger partial charge in [0.1, 0.15) is 0 Å². The van der Waals surface area contributed by atoms with Gasteiger partial charge in [-0.05, 0) is 17.9 Å². The van der Waals surface area contributed by atoms with Crippen LogP contribution < -0.4 is 4.90 Å². The number of nitrogens with zero attached hydrogens (tertiary/aromatic N) is 4. The van der Waals surface area contributed by atoms with Gasteiger partial charge in [0.2, 0.25) is 5.95 Å². The van der Waals surface area contributed by atoms with Gasteiger partial charge in [-0.1, -0.05) is 19.1 Å². The molecule has 0 unspecified atom stereocenters. The molecule has 1 fully saturated rings. The van der Waals surface area contributed by atoms with Crippen molar-refractivity contribution in [2.75, 3.05) is 37.0 Å². The topological polar surface area (TPSA) is 58.6 Å². The van der Waals surface area contributed by atoms with Crippen LogP contribution in [0.25, 0.3) is 0 Å². The van der Waals surface area contributed by atoms with Crippen molar-refractivity contribution in [3.63, 3.8) is 0 Å². The average molecular weight is 370 g/mol. The highest BCUT2D eigenvalue weighted by molar-refractivity contribution is 7.99. The van der Waals surface area contributed by atoms with Crippen molar-refractivity contribution in [3.05, 3.63) is 47.3 Å². The van der Waals surface area contributed by atoms with Gasteiger partial charge in [-0.3, -0.25) is 4.79 Å². The smallest absolute Gasteiger partial charge is 0.255 e. The lowest BCUT2D eigenvalue weighted by Crippen LogP contribution is -2.37. The van der Waals surface area contributed by atoms with Crippen molar-refractivity contribution in [2.45, 2.75) is 24.9 Å². The number of thioether (sulfide) groups is 1. The largest absolute Gasteiger partial charge is 0.378 e. The average Bonchev–Trinajstić information content (AvgIpc) is 3.12. The molecule has 4 rings (SSSR count). The van der Waals surface area contributed by atoms with Gasteiger partial charge >= 0.3 is 0 Å². The fourth-order valence-corrected chi connectivity index (χ4v) is 4.09. The van der Waals surface area contributed by atoms with Crippen LogP contribution in [0.2, 0.25) is 0 Å². The molecule has 1 amide bonds. The normalized spacial score (nSPS) is 16.7. The summed E-state index contributed by atoms with van der Waals surface area (Å²) in [4.78, 5) is 27.3. The summed E-state index contributed by atoms with van der Waals surface area (Å²) in [5.41, 5.74) is 2.76. The van der Waals surface area contributed by atoms with Crippen LogP contribution in [0.15, 0.2) is 35.4 Å². The van der Waals surface area contributed by atoms with Crippen molar-refractivity contribution < 1.29 is 9.53 Å². The lowest BCUT2D eigenvalue weighted by atomic mass is 10.2. The molecule has 0 saturated carbocycles. The lowest BCUT2D eigenvalue weighted by molar-refractivity contribution is 0.0747. The molecule has 26 heavy (non-hydrogen) atoms. The number of morpholine rings is 1. The van der Waals surface area contributed by atoms with Gasteiger partial charge in [0.15, 0.2) is 0 Å². The molecular formula is C19H22N4O2S. The van der Waals surface area contributed by atoms with Crippen molar-refractivity contribution in [3.8, 4) is 0 Å². The van der Waals surface area contributed by atoms with E-state index in [9.17, 15) is 4.79 Å². The third kappa shape index (κ3) is 3.41. The van der Waals surface area contributed by atoms with Gasteiger partial charge in [-0.2, -0.15) is 0 Å². The van der Waals surface area contributed by atoms with Crippen LogP contribution in [0.1, 0.15) is 28.5 Å². The van der Waals surface area contributed by atoms with E-state index in [-0.39, 0.29) is 5.91 Å². The summed E-state index contributed by atoms with van der Waals surface area (Å²) in [6.45, 7) is 6.24. The van der Waals surface area contributed by atoms with Crippen molar-refractivity contribution in [2.24, 2.45) is 0 Å². The fraction of sp³-hybridized carbons (Fsp3) is 0.421. The molecule has 2 aliphatic heterocycles. The number of hydrogen-bond acceptors (Lipinski definition) is 6. The van der Waals surface area contributed by atoms with Gasteiger partial charge in [-0.25, -0.2) is 9.97 Å². The number of fused-ring (bicyclic) bond motifs is 1.